The molecule has 0 spiro atoms. The molecule has 1 rings (SSSR count). The van der Waals surface area contributed by atoms with E-state index >= 15 is 0 Å². The molecule has 0 aromatic heterocycles. The van der Waals surface area contributed by atoms with Crippen molar-refractivity contribution in [2.45, 2.75) is 6.42 Å². The Labute approximate surface area is 81.9 Å². The Kier molecular flexibility index (Phi) is 4.07. The van der Waals surface area contributed by atoms with E-state index < -0.39 is 25.2 Å². The van der Waals surface area contributed by atoms with Crippen LogP contribution in [0.2, 0.25) is 0 Å². The van der Waals surface area contributed by atoms with Crippen LogP contribution >= 0.6 is 21.2 Å². The van der Waals surface area contributed by atoms with Crippen LogP contribution in [0.5, 0.6) is 0 Å². The Balaban J connectivity index is 2.29. The molecule has 0 heterocycles. The molecule has 1 aromatic carbocycles. The van der Waals surface area contributed by atoms with Crippen LogP contribution in [0.15, 0.2) is 30.3 Å². The molecule has 0 radical (unpaired) electrons. The summed E-state index contributed by atoms with van der Waals surface area (Å²) < 4.78 is 0.265. The second-order valence-corrected chi connectivity index (χ2v) is 5.34. The van der Waals surface area contributed by atoms with Crippen molar-refractivity contribution in [2.75, 3.05) is 4.43 Å². The first-order valence-corrected chi connectivity index (χ1v) is 6.50. The van der Waals surface area contributed by atoms with Gasteiger partial charge in [0.15, 0.2) is 0 Å². The third kappa shape index (κ3) is 3.71. The van der Waals surface area contributed by atoms with Crippen molar-refractivity contribution in [3.8, 4) is 0 Å². The molecule has 66 valence electrons. The SMILES string of the molecule is O=C(O)[IH]CCc1ccccc1. The molecule has 0 aliphatic rings. The maximum atomic E-state index is 10.2. The molecule has 0 aliphatic heterocycles. The summed E-state index contributed by atoms with van der Waals surface area (Å²) in [6.07, 6.45) is 0.912. The fourth-order valence-electron chi connectivity index (χ4n) is 0.901. The fourth-order valence-corrected chi connectivity index (χ4v) is 2.36. The van der Waals surface area contributed by atoms with Crippen LogP contribution in [0.1, 0.15) is 5.56 Å². The predicted octanol–water partition coefficient (Wildman–Crippen LogP) is 2.61. The van der Waals surface area contributed by atoms with Gasteiger partial charge in [0.1, 0.15) is 0 Å². The van der Waals surface area contributed by atoms with Crippen molar-refractivity contribution < 1.29 is 9.90 Å². The Bertz CT molecular complexity index is 246. The first kappa shape index (κ1) is 9.51. The van der Waals surface area contributed by atoms with Crippen LogP contribution in [0.25, 0.3) is 0 Å². The number of halogens is 1. The number of carboxylic acid groups (broad SMARTS) is 1. The minimum atomic E-state index is -0.808. The maximum absolute atomic E-state index is 10.2. The Morgan fingerprint density at radius 3 is 2.58 bits per heavy atom. The van der Waals surface area contributed by atoms with E-state index in [4.69, 9.17) is 5.11 Å². The van der Waals surface area contributed by atoms with Gasteiger partial charge in [0.25, 0.3) is 0 Å². The molecule has 0 unspecified atom stereocenters. The third-order valence-electron chi connectivity index (χ3n) is 1.46. The average Bonchev–Trinajstić information content (AvgIpc) is 2.05. The first-order valence-electron chi connectivity index (χ1n) is 3.68. The van der Waals surface area contributed by atoms with Crippen molar-refractivity contribution in [3.63, 3.8) is 0 Å². The quantitative estimate of drug-likeness (QED) is 0.522. The summed E-state index contributed by atoms with van der Waals surface area (Å²) in [5.41, 5.74) is 1.24. The van der Waals surface area contributed by atoms with Gasteiger partial charge in [-0.25, -0.2) is 0 Å². The van der Waals surface area contributed by atoms with Crippen LogP contribution in [-0.2, 0) is 6.42 Å². The number of carbonyl (C=O) groups is 1. The summed E-state index contributed by atoms with van der Waals surface area (Å²) >= 11 is -0.808. The summed E-state index contributed by atoms with van der Waals surface area (Å²) in [4.78, 5) is 10.2. The molecule has 0 saturated heterocycles. The van der Waals surface area contributed by atoms with Gasteiger partial charge in [-0.15, -0.1) is 0 Å². The van der Waals surface area contributed by atoms with Gasteiger partial charge in [0, 0.05) is 0 Å². The summed E-state index contributed by atoms with van der Waals surface area (Å²) in [6.45, 7) is 0. The zero-order chi connectivity index (χ0) is 8.81. The number of hydrogen-bond donors (Lipinski definition) is 1. The normalized spacial score (nSPS) is 10.0. The number of alkyl halides is 1. The number of hydrogen-bond acceptors (Lipinski definition) is 1. The first-order chi connectivity index (χ1) is 5.79. The van der Waals surface area contributed by atoms with Crippen LogP contribution < -0.4 is 0 Å². The van der Waals surface area contributed by atoms with Crippen LogP contribution in [-0.4, -0.2) is 13.5 Å². The second kappa shape index (κ2) is 5.13. The molecule has 12 heavy (non-hydrogen) atoms. The van der Waals surface area contributed by atoms with Crippen molar-refractivity contribution in [1.29, 1.82) is 0 Å². The predicted molar refractivity (Wildman–Crippen MR) is 58.5 cm³/mol. The molecule has 1 aromatic rings. The van der Waals surface area contributed by atoms with E-state index in [2.05, 4.69) is 0 Å². The molecule has 2 nitrogen and oxygen atoms in total. The Morgan fingerprint density at radius 2 is 2.00 bits per heavy atom. The van der Waals surface area contributed by atoms with Gasteiger partial charge in [-0.1, -0.05) is 0 Å². The van der Waals surface area contributed by atoms with Crippen molar-refractivity contribution in [3.05, 3.63) is 35.9 Å². The molecule has 0 aliphatic carbocycles. The standard InChI is InChI=1S/C9H11IO2/c11-9(12)10-7-6-8-4-2-1-3-5-8/h1-5,10H,6-7H2,(H,11,12). The van der Waals surface area contributed by atoms with Crippen molar-refractivity contribution in [1.82, 2.24) is 0 Å². The summed E-state index contributed by atoms with van der Waals surface area (Å²) in [5, 5.41) is 8.45. The van der Waals surface area contributed by atoms with E-state index in [0.717, 1.165) is 10.8 Å². The number of benzene rings is 1. The van der Waals surface area contributed by atoms with Crippen molar-refractivity contribution >= 4 is 25.2 Å². The van der Waals surface area contributed by atoms with E-state index in [9.17, 15) is 4.79 Å². The molecule has 0 fully saturated rings. The molecule has 3 heteroatoms. The van der Waals surface area contributed by atoms with Gasteiger partial charge in [-0.05, 0) is 0 Å². The molecule has 0 amide bonds. The van der Waals surface area contributed by atoms with E-state index in [1.165, 1.54) is 5.56 Å². The zero-order valence-corrected chi connectivity index (χ0v) is 8.90. The van der Waals surface area contributed by atoms with E-state index in [-0.39, 0.29) is 0 Å². The summed E-state index contributed by atoms with van der Waals surface area (Å²) in [7, 11) is 0. The van der Waals surface area contributed by atoms with E-state index in [0.29, 0.717) is 0 Å². The molecular weight excluding hydrogens is 267 g/mol. The average molecular weight is 278 g/mol. The molecule has 0 saturated carbocycles. The molecule has 0 atom stereocenters. The van der Waals surface area contributed by atoms with Crippen LogP contribution in [0.3, 0.4) is 0 Å². The summed E-state index contributed by atoms with van der Waals surface area (Å²) in [6, 6.07) is 10.0. The molecular formula is C9H11IO2. The summed E-state index contributed by atoms with van der Waals surface area (Å²) in [5.74, 6) is 0. The van der Waals surface area contributed by atoms with Gasteiger partial charge in [0.05, 0.1) is 0 Å². The zero-order valence-electron chi connectivity index (χ0n) is 6.56. The van der Waals surface area contributed by atoms with Crippen LogP contribution in [0.4, 0.5) is 4.79 Å². The molecule has 1 N–H and O–H groups in total. The second-order valence-electron chi connectivity index (χ2n) is 2.35. The minimum absolute atomic E-state index is 0.587. The molecule has 0 bridgehead atoms. The monoisotopic (exact) mass is 278 g/mol. The Morgan fingerprint density at radius 1 is 1.33 bits per heavy atom. The van der Waals surface area contributed by atoms with Gasteiger partial charge >= 0.3 is 81.8 Å². The third-order valence-corrected chi connectivity index (χ3v) is 3.33. The van der Waals surface area contributed by atoms with E-state index in [1.54, 1.807) is 0 Å². The van der Waals surface area contributed by atoms with E-state index in [1.807, 2.05) is 30.3 Å². The topological polar surface area (TPSA) is 37.3 Å². The van der Waals surface area contributed by atoms with Gasteiger partial charge in [0.2, 0.25) is 0 Å². The van der Waals surface area contributed by atoms with Gasteiger partial charge in [-0.3, -0.25) is 0 Å². The number of rotatable bonds is 4. The fraction of sp³-hybridized carbons (Fsp3) is 0.222. The van der Waals surface area contributed by atoms with Crippen LogP contribution in [0, 0.1) is 0 Å². The van der Waals surface area contributed by atoms with Gasteiger partial charge in [-0.2, -0.15) is 0 Å². The van der Waals surface area contributed by atoms with Gasteiger partial charge < -0.3 is 0 Å². The Hall–Kier alpha value is -0.580. The van der Waals surface area contributed by atoms with Crippen molar-refractivity contribution in [2.24, 2.45) is 0 Å². The number of aryl methyl sites for hydroxylation is 1.